The summed E-state index contributed by atoms with van der Waals surface area (Å²) in [5, 5.41) is 2.13. The Bertz CT molecular complexity index is 1130. The molecule has 2 aromatic carbocycles. The average molecular weight is 432 g/mol. The van der Waals surface area contributed by atoms with Crippen LogP contribution in [0.4, 0.5) is 11.4 Å². The number of hydrogen-bond acceptors (Lipinski definition) is 7. The number of aromatic nitrogens is 2. The van der Waals surface area contributed by atoms with Gasteiger partial charge in [0.2, 0.25) is 0 Å². The number of pyridine rings is 2. The van der Waals surface area contributed by atoms with Gasteiger partial charge in [0.15, 0.2) is 0 Å². The molecule has 4 rings (SSSR count). The highest BCUT2D eigenvalue weighted by Crippen LogP contribution is 2.36. The van der Waals surface area contributed by atoms with E-state index in [1.165, 1.54) is 0 Å². The molecule has 0 saturated heterocycles. The predicted octanol–water partition coefficient (Wildman–Crippen LogP) is 3.83. The first-order valence-electron chi connectivity index (χ1n) is 10.7. The number of nitrogens with zero attached hydrogens (tertiary/aromatic N) is 4. The van der Waals surface area contributed by atoms with Crippen LogP contribution in [0, 0.1) is 0 Å². The highest BCUT2D eigenvalue weighted by molar-refractivity contribution is 6.00. The van der Waals surface area contributed by atoms with Crippen molar-refractivity contribution in [3.63, 3.8) is 0 Å². The van der Waals surface area contributed by atoms with Gasteiger partial charge in [-0.15, -0.1) is 0 Å². The van der Waals surface area contributed by atoms with Gasteiger partial charge >= 0.3 is 0 Å². The number of rotatable bonds is 9. The fraction of sp³-hybridized carbons (Fsp3) is 0.280. The maximum Gasteiger partial charge on any atom is 0.121 e. The van der Waals surface area contributed by atoms with Gasteiger partial charge < -0.3 is 25.0 Å². The molecule has 0 radical (unpaired) electrons. The zero-order valence-electron chi connectivity index (χ0n) is 18.8. The number of fused-ring (bicyclic) bond motifs is 2. The van der Waals surface area contributed by atoms with Crippen molar-refractivity contribution in [1.82, 2.24) is 14.9 Å². The van der Waals surface area contributed by atoms with Crippen molar-refractivity contribution in [2.24, 2.45) is 5.73 Å². The molecule has 0 amide bonds. The third-order valence-corrected chi connectivity index (χ3v) is 5.65. The smallest absolute Gasteiger partial charge is 0.121 e. The van der Waals surface area contributed by atoms with Crippen LogP contribution in [0.5, 0.6) is 11.5 Å². The van der Waals surface area contributed by atoms with Crippen LogP contribution in [0.15, 0.2) is 60.9 Å². The number of benzene rings is 2. The minimum Gasteiger partial charge on any atom is -0.497 e. The molecule has 0 aliphatic heterocycles. The summed E-state index contributed by atoms with van der Waals surface area (Å²) in [5.74, 6) is 1.58. The van der Waals surface area contributed by atoms with Crippen LogP contribution < -0.4 is 20.1 Å². The van der Waals surface area contributed by atoms with Gasteiger partial charge in [-0.25, -0.2) is 0 Å². The van der Waals surface area contributed by atoms with Crippen LogP contribution in [-0.2, 0) is 0 Å². The van der Waals surface area contributed by atoms with E-state index in [1.54, 1.807) is 14.2 Å². The summed E-state index contributed by atoms with van der Waals surface area (Å²) in [6.07, 6.45) is 3.69. The van der Waals surface area contributed by atoms with Crippen LogP contribution in [0.1, 0.15) is 0 Å². The van der Waals surface area contributed by atoms with E-state index in [9.17, 15) is 0 Å². The minimum atomic E-state index is 0.631. The van der Waals surface area contributed by atoms with E-state index < -0.39 is 0 Å². The minimum absolute atomic E-state index is 0.631. The number of methoxy groups -OCH3 is 2. The van der Waals surface area contributed by atoms with Gasteiger partial charge in [-0.3, -0.25) is 9.97 Å². The third-order valence-electron chi connectivity index (χ3n) is 5.65. The average Bonchev–Trinajstić information content (AvgIpc) is 2.83. The topological polar surface area (TPSA) is 76.7 Å². The second-order valence-corrected chi connectivity index (χ2v) is 7.67. The second-order valence-electron chi connectivity index (χ2n) is 7.67. The molecule has 0 aliphatic carbocycles. The summed E-state index contributed by atoms with van der Waals surface area (Å²) in [6, 6.07) is 16.1. The van der Waals surface area contributed by atoms with Crippen molar-refractivity contribution < 1.29 is 9.47 Å². The number of nitrogens with two attached hydrogens (primary N) is 1. The van der Waals surface area contributed by atoms with Crippen molar-refractivity contribution in [2.45, 2.75) is 0 Å². The number of hydrogen-bond donors (Lipinski definition) is 1. The summed E-state index contributed by atoms with van der Waals surface area (Å²) in [6.45, 7) is 3.12. The molecule has 0 saturated carbocycles. The van der Waals surface area contributed by atoms with E-state index in [0.717, 1.165) is 64.3 Å². The molecular formula is C25H29N5O2. The quantitative estimate of drug-likeness (QED) is 0.432. The SMILES string of the molecule is COc1ccc2c(N(CCN(C)CCN)c3ccnc4cc(OC)ccc34)ccnc2c1. The first-order valence-corrected chi connectivity index (χ1v) is 10.7. The normalized spacial score (nSPS) is 11.3. The van der Waals surface area contributed by atoms with Gasteiger partial charge in [-0.05, 0) is 43.4 Å². The monoisotopic (exact) mass is 431 g/mol. The Balaban J connectivity index is 1.85. The van der Waals surface area contributed by atoms with E-state index in [-0.39, 0.29) is 0 Å². The fourth-order valence-corrected chi connectivity index (χ4v) is 3.92. The maximum absolute atomic E-state index is 5.77. The third kappa shape index (κ3) is 4.44. The second kappa shape index (κ2) is 9.80. The van der Waals surface area contributed by atoms with E-state index >= 15 is 0 Å². The van der Waals surface area contributed by atoms with E-state index in [4.69, 9.17) is 15.2 Å². The molecule has 0 fully saturated rings. The van der Waals surface area contributed by atoms with E-state index in [0.29, 0.717) is 6.54 Å². The van der Waals surface area contributed by atoms with Crippen LogP contribution >= 0.6 is 0 Å². The molecule has 7 heteroatoms. The Morgan fingerprint density at radius 2 is 1.28 bits per heavy atom. The molecule has 32 heavy (non-hydrogen) atoms. The molecule has 2 N–H and O–H groups in total. The summed E-state index contributed by atoms with van der Waals surface area (Å²) in [5.41, 5.74) is 9.72. The van der Waals surface area contributed by atoms with Gasteiger partial charge in [0.05, 0.1) is 36.6 Å². The molecule has 2 heterocycles. The highest BCUT2D eigenvalue weighted by Gasteiger charge is 2.17. The number of ether oxygens (including phenoxy) is 2. The lowest BCUT2D eigenvalue weighted by atomic mass is 10.1. The number of anilines is 2. The zero-order valence-corrected chi connectivity index (χ0v) is 18.8. The van der Waals surface area contributed by atoms with Crippen molar-refractivity contribution >= 4 is 33.2 Å². The molecule has 0 aliphatic rings. The Morgan fingerprint density at radius 1 is 0.750 bits per heavy atom. The first kappa shape index (κ1) is 21.8. The zero-order chi connectivity index (χ0) is 22.5. The summed E-state index contributed by atoms with van der Waals surface area (Å²) in [7, 11) is 5.43. The maximum atomic E-state index is 5.77. The summed E-state index contributed by atoms with van der Waals surface area (Å²) in [4.78, 5) is 13.7. The molecule has 0 spiro atoms. The van der Waals surface area contributed by atoms with Gasteiger partial charge in [0.25, 0.3) is 0 Å². The van der Waals surface area contributed by atoms with Crippen LogP contribution in [0.2, 0.25) is 0 Å². The summed E-state index contributed by atoms with van der Waals surface area (Å²) < 4.78 is 10.8. The largest absolute Gasteiger partial charge is 0.497 e. The van der Waals surface area contributed by atoms with Gasteiger partial charge in [0, 0.05) is 61.5 Å². The van der Waals surface area contributed by atoms with Gasteiger partial charge in [-0.1, -0.05) is 0 Å². The van der Waals surface area contributed by atoms with E-state index in [1.807, 2.05) is 36.7 Å². The Kier molecular flexibility index (Phi) is 6.68. The van der Waals surface area contributed by atoms with Crippen molar-refractivity contribution in [3.05, 3.63) is 60.9 Å². The van der Waals surface area contributed by atoms with Gasteiger partial charge in [-0.2, -0.15) is 0 Å². The standard InChI is InChI=1S/C25H29N5O2/c1-29(13-10-26)14-15-30(24-8-11-27-22-16-18(31-2)4-6-20(22)24)25-9-12-28-23-17-19(32-3)5-7-21(23)25/h4-9,11-12,16-17H,10,13-15,26H2,1-3H3. The molecule has 2 aromatic heterocycles. The molecule has 4 aromatic rings. The van der Waals surface area contributed by atoms with E-state index in [2.05, 4.69) is 51.1 Å². The first-order chi connectivity index (χ1) is 15.6. The molecule has 166 valence electrons. The molecule has 0 unspecified atom stereocenters. The highest BCUT2D eigenvalue weighted by atomic mass is 16.5. The Labute approximate surface area is 188 Å². The number of likely N-dealkylation sites (N-methyl/N-ethyl adjacent to an activating group) is 1. The Hall–Kier alpha value is -3.42. The van der Waals surface area contributed by atoms with Crippen molar-refractivity contribution in [1.29, 1.82) is 0 Å². The van der Waals surface area contributed by atoms with Crippen LogP contribution in [0.25, 0.3) is 21.8 Å². The lowest BCUT2D eigenvalue weighted by Gasteiger charge is -2.29. The summed E-state index contributed by atoms with van der Waals surface area (Å²) >= 11 is 0. The van der Waals surface area contributed by atoms with Crippen LogP contribution in [-0.4, -0.2) is 62.3 Å². The molecule has 7 nitrogen and oxygen atoms in total. The lowest BCUT2D eigenvalue weighted by Crippen LogP contribution is -2.33. The van der Waals surface area contributed by atoms with Crippen LogP contribution in [0.3, 0.4) is 0 Å². The van der Waals surface area contributed by atoms with Crippen molar-refractivity contribution in [2.75, 3.05) is 52.3 Å². The molecule has 0 bridgehead atoms. The van der Waals surface area contributed by atoms with Crippen molar-refractivity contribution in [3.8, 4) is 11.5 Å². The fourth-order valence-electron chi connectivity index (χ4n) is 3.92. The lowest BCUT2D eigenvalue weighted by molar-refractivity contribution is 0.352. The Morgan fingerprint density at radius 3 is 1.75 bits per heavy atom. The molecule has 0 atom stereocenters. The van der Waals surface area contributed by atoms with Gasteiger partial charge in [0.1, 0.15) is 11.5 Å². The predicted molar refractivity (Wildman–Crippen MR) is 130 cm³/mol. The molecular weight excluding hydrogens is 402 g/mol.